The van der Waals surface area contributed by atoms with Crippen LogP contribution in [0.25, 0.3) is 5.69 Å². The molecule has 0 unspecified atom stereocenters. The maximum Gasteiger partial charge on any atom is 0.128 e. The lowest BCUT2D eigenvalue weighted by molar-refractivity contribution is 0.181. The summed E-state index contributed by atoms with van der Waals surface area (Å²) in [5.74, 6) is 0. The first kappa shape index (κ1) is 10.1. The average Bonchev–Trinajstić information content (AvgIpc) is 2.61. The monoisotopic (exact) mass is 220 g/mol. The SMILES string of the molecule is COCc1cc(=S)n(-c2ccccc2)[nH]1. The maximum atomic E-state index is 5.25. The number of aromatic amines is 1. The van der Waals surface area contributed by atoms with Crippen molar-refractivity contribution < 1.29 is 4.74 Å². The number of para-hydroxylation sites is 1. The third-order valence-corrected chi connectivity index (χ3v) is 2.39. The molecule has 0 saturated carbocycles. The van der Waals surface area contributed by atoms with E-state index in [2.05, 4.69) is 5.10 Å². The maximum absolute atomic E-state index is 5.25. The van der Waals surface area contributed by atoms with Gasteiger partial charge in [0.15, 0.2) is 0 Å². The fraction of sp³-hybridized carbons (Fsp3) is 0.182. The molecule has 1 heterocycles. The molecule has 4 heteroatoms. The van der Waals surface area contributed by atoms with Gasteiger partial charge in [-0.05, 0) is 18.2 Å². The van der Waals surface area contributed by atoms with Crippen molar-refractivity contribution in [1.82, 2.24) is 9.78 Å². The zero-order chi connectivity index (χ0) is 10.7. The number of methoxy groups -OCH3 is 1. The second-order valence-electron chi connectivity index (χ2n) is 3.22. The van der Waals surface area contributed by atoms with Crippen LogP contribution >= 0.6 is 12.2 Å². The average molecular weight is 220 g/mol. The van der Waals surface area contributed by atoms with Gasteiger partial charge in [-0.2, -0.15) is 0 Å². The Bertz CT molecular complexity index is 487. The number of benzene rings is 1. The fourth-order valence-corrected chi connectivity index (χ4v) is 1.74. The predicted octanol–water partition coefficient (Wildman–Crippen LogP) is 2.68. The molecule has 1 N–H and O–H groups in total. The van der Waals surface area contributed by atoms with E-state index in [1.165, 1.54) is 0 Å². The fourth-order valence-electron chi connectivity index (χ4n) is 1.44. The topological polar surface area (TPSA) is 29.9 Å². The number of rotatable bonds is 3. The zero-order valence-electron chi connectivity index (χ0n) is 8.43. The van der Waals surface area contributed by atoms with E-state index in [1.807, 2.05) is 41.1 Å². The summed E-state index contributed by atoms with van der Waals surface area (Å²) >= 11 is 5.25. The van der Waals surface area contributed by atoms with Crippen molar-refractivity contribution >= 4 is 12.2 Å². The molecular formula is C11H12N2OS. The van der Waals surface area contributed by atoms with E-state index < -0.39 is 0 Å². The van der Waals surface area contributed by atoms with Gasteiger partial charge < -0.3 is 4.74 Å². The lowest BCUT2D eigenvalue weighted by Crippen LogP contribution is -1.97. The Hall–Kier alpha value is -1.39. The molecule has 1 aromatic heterocycles. The minimum atomic E-state index is 0.545. The van der Waals surface area contributed by atoms with E-state index >= 15 is 0 Å². The summed E-state index contributed by atoms with van der Waals surface area (Å²) in [6.07, 6.45) is 0. The summed E-state index contributed by atoms with van der Waals surface area (Å²) in [4.78, 5) is 0. The van der Waals surface area contributed by atoms with Crippen molar-refractivity contribution in [1.29, 1.82) is 0 Å². The molecular weight excluding hydrogens is 208 g/mol. The highest BCUT2D eigenvalue weighted by Crippen LogP contribution is 2.09. The van der Waals surface area contributed by atoms with Crippen molar-refractivity contribution in [3.63, 3.8) is 0 Å². The second kappa shape index (κ2) is 4.42. The molecule has 0 amide bonds. The van der Waals surface area contributed by atoms with Crippen molar-refractivity contribution in [3.8, 4) is 5.69 Å². The van der Waals surface area contributed by atoms with E-state index in [1.54, 1.807) is 7.11 Å². The molecule has 2 rings (SSSR count). The number of hydrogen-bond donors (Lipinski definition) is 1. The number of H-pyrrole nitrogens is 1. The van der Waals surface area contributed by atoms with E-state index in [9.17, 15) is 0 Å². The Labute approximate surface area is 93.3 Å². The van der Waals surface area contributed by atoms with E-state index in [0.717, 1.165) is 16.0 Å². The van der Waals surface area contributed by atoms with E-state index in [4.69, 9.17) is 17.0 Å². The molecule has 0 radical (unpaired) electrons. The first-order chi connectivity index (χ1) is 7.31. The van der Waals surface area contributed by atoms with Crippen LogP contribution in [0.4, 0.5) is 0 Å². The highest BCUT2D eigenvalue weighted by atomic mass is 32.1. The highest BCUT2D eigenvalue weighted by Gasteiger charge is 2.01. The van der Waals surface area contributed by atoms with Gasteiger partial charge in [-0.25, -0.2) is 4.68 Å². The third-order valence-electron chi connectivity index (χ3n) is 2.09. The Balaban J connectivity index is 2.41. The second-order valence-corrected chi connectivity index (χ2v) is 3.64. The van der Waals surface area contributed by atoms with Crippen LogP contribution < -0.4 is 0 Å². The lowest BCUT2D eigenvalue weighted by atomic mass is 10.3. The zero-order valence-corrected chi connectivity index (χ0v) is 9.25. The van der Waals surface area contributed by atoms with Gasteiger partial charge in [0.1, 0.15) is 4.64 Å². The molecule has 0 aliphatic carbocycles. The van der Waals surface area contributed by atoms with Crippen LogP contribution in [-0.4, -0.2) is 16.9 Å². The minimum absolute atomic E-state index is 0.545. The summed E-state index contributed by atoms with van der Waals surface area (Å²) in [6.45, 7) is 0.545. The van der Waals surface area contributed by atoms with Gasteiger partial charge in [0.05, 0.1) is 18.0 Å². The molecule has 0 bridgehead atoms. The largest absolute Gasteiger partial charge is 0.378 e. The Morgan fingerprint density at radius 3 is 2.73 bits per heavy atom. The molecule has 0 aliphatic heterocycles. The number of aromatic nitrogens is 2. The van der Waals surface area contributed by atoms with Crippen LogP contribution in [0.2, 0.25) is 0 Å². The van der Waals surface area contributed by atoms with Crippen molar-refractivity contribution in [2.45, 2.75) is 6.61 Å². The van der Waals surface area contributed by atoms with Crippen LogP contribution in [0.15, 0.2) is 36.4 Å². The quantitative estimate of drug-likeness (QED) is 0.806. The van der Waals surface area contributed by atoms with Gasteiger partial charge in [-0.1, -0.05) is 30.4 Å². The summed E-state index contributed by atoms with van der Waals surface area (Å²) in [5, 5.41) is 3.19. The summed E-state index contributed by atoms with van der Waals surface area (Å²) < 4.78 is 7.66. The van der Waals surface area contributed by atoms with Crippen LogP contribution in [0.5, 0.6) is 0 Å². The van der Waals surface area contributed by atoms with Crippen LogP contribution in [0.3, 0.4) is 0 Å². The van der Waals surface area contributed by atoms with Gasteiger partial charge in [-0.3, -0.25) is 5.10 Å². The number of ether oxygens (including phenoxy) is 1. The molecule has 0 fully saturated rings. The molecule has 0 atom stereocenters. The first-order valence-corrected chi connectivity index (χ1v) is 5.07. The standard InChI is InChI=1S/C11H12N2OS/c1-14-8-9-7-11(15)13(12-9)10-5-3-2-4-6-10/h2-7,12H,8H2,1H3. The molecule has 1 aromatic carbocycles. The van der Waals surface area contributed by atoms with Crippen LogP contribution in [0.1, 0.15) is 5.69 Å². The molecule has 0 aliphatic rings. The Kier molecular flexibility index (Phi) is 2.99. The number of nitrogens with zero attached hydrogens (tertiary/aromatic N) is 1. The van der Waals surface area contributed by atoms with Crippen molar-refractivity contribution in [2.24, 2.45) is 0 Å². The molecule has 15 heavy (non-hydrogen) atoms. The molecule has 2 aromatic rings. The van der Waals surface area contributed by atoms with Crippen molar-refractivity contribution in [3.05, 3.63) is 46.7 Å². The van der Waals surface area contributed by atoms with Gasteiger partial charge in [0, 0.05) is 7.11 Å². The highest BCUT2D eigenvalue weighted by molar-refractivity contribution is 7.71. The van der Waals surface area contributed by atoms with Gasteiger partial charge in [0.2, 0.25) is 0 Å². The number of nitrogens with one attached hydrogen (secondary N) is 1. The van der Waals surface area contributed by atoms with Crippen LogP contribution in [0, 0.1) is 4.64 Å². The predicted molar refractivity (Wildman–Crippen MR) is 61.7 cm³/mol. The summed E-state index contributed by atoms with van der Waals surface area (Å²) in [7, 11) is 1.66. The van der Waals surface area contributed by atoms with Gasteiger partial charge in [0.25, 0.3) is 0 Å². The lowest BCUT2D eigenvalue weighted by Gasteiger charge is -2.01. The Morgan fingerprint density at radius 2 is 2.07 bits per heavy atom. The van der Waals surface area contributed by atoms with Gasteiger partial charge in [-0.15, -0.1) is 0 Å². The van der Waals surface area contributed by atoms with Crippen molar-refractivity contribution in [2.75, 3.05) is 7.11 Å². The first-order valence-electron chi connectivity index (χ1n) is 4.66. The van der Waals surface area contributed by atoms with E-state index in [-0.39, 0.29) is 0 Å². The third kappa shape index (κ3) is 2.16. The molecule has 3 nitrogen and oxygen atoms in total. The normalized spacial score (nSPS) is 10.5. The number of hydrogen-bond acceptors (Lipinski definition) is 2. The molecule has 78 valence electrons. The summed E-state index contributed by atoms with van der Waals surface area (Å²) in [6, 6.07) is 11.9. The summed E-state index contributed by atoms with van der Waals surface area (Å²) in [5.41, 5.74) is 2.01. The molecule has 0 saturated heterocycles. The molecule has 0 spiro atoms. The smallest absolute Gasteiger partial charge is 0.128 e. The Morgan fingerprint density at radius 1 is 1.33 bits per heavy atom. The van der Waals surface area contributed by atoms with E-state index in [0.29, 0.717) is 6.61 Å². The van der Waals surface area contributed by atoms with Crippen LogP contribution in [-0.2, 0) is 11.3 Å². The minimum Gasteiger partial charge on any atom is -0.378 e. The van der Waals surface area contributed by atoms with Gasteiger partial charge >= 0.3 is 0 Å².